The molecule has 0 radical (unpaired) electrons. The van der Waals surface area contributed by atoms with Gasteiger partial charge in [0.2, 0.25) is 5.91 Å². The van der Waals surface area contributed by atoms with E-state index >= 15 is 0 Å². The molecule has 0 aliphatic carbocycles. The first-order valence-corrected chi connectivity index (χ1v) is 9.64. The van der Waals surface area contributed by atoms with E-state index in [0.717, 1.165) is 6.42 Å². The molecule has 7 heteroatoms. The van der Waals surface area contributed by atoms with E-state index in [-0.39, 0.29) is 29.6 Å². The van der Waals surface area contributed by atoms with Crippen molar-refractivity contribution in [1.82, 2.24) is 19.9 Å². The second-order valence-electron chi connectivity index (χ2n) is 7.15. The van der Waals surface area contributed by atoms with Crippen LogP contribution in [0.2, 0.25) is 0 Å². The van der Waals surface area contributed by atoms with E-state index in [1.165, 1.54) is 12.1 Å². The summed E-state index contributed by atoms with van der Waals surface area (Å²) in [7, 11) is 0. The molecule has 0 saturated carbocycles. The second-order valence-corrected chi connectivity index (χ2v) is 7.15. The Labute approximate surface area is 167 Å². The zero-order valence-electron chi connectivity index (χ0n) is 15.8. The van der Waals surface area contributed by atoms with Gasteiger partial charge in [-0.05, 0) is 36.6 Å². The van der Waals surface area contributed by atoms with Crippen LogP contribution in [0.1, 0.15) is 30.0 Å². The van der Waals surface area contributed by atoms with Crippen LogP contribution in [0.3, 0.4) is 0 Å². The highest BCUT2D eigenvalue weighted by molar-refractivity contribution is 5.76. The standard InChI is InChI=1S/C22H21FN4O2/c23-17-6-2-1-5-15(17)8-9-21(29)27-12-10-16(14-27)19-13-20(28)26-22(25-19)18-7-3-4-11-24-18/h1-7,11,13,16H,8-10,12,14H2,(H,25,26,28)/t16-/m1/s1. The molecule has 1 aliphatic heterocycles. The van der Waals surface area contributed by atoms with Crippen molar-refractivity contribution in [3.8, 4) is 11.5 Å². The smallest absolute Gasteiger partial charge is 0.251 e. The van der Waals surface area contributed by atoms with Gasteiger partial charge in [-0.25, -0.2) is 9.37 Å². The number of pyridine rings is 1. The molecule has 3 heterocycles. The normalized spacial score (nSPS) is 16.2. The van der Waals surface area contributed by atoms with Crippen molar-refractivity contribution in [3.63, 3.8) is 0 Å². The molecule has 3 aromatic rings. The number of aromatic nitrogens is 3. The lowest BCUT2D eigenvalue weighted by atomic mass is 10.0. The lowest BCUT2D eigenvalue weighted by Crippen LogP contribution is -2.29. The number of likely N-dealkylation sites (tertiary alicyclic amines) is 1. The molecule has 0 bridgehead atoms. The maximum Gasteiger partial charge on any atom is 0.251 e. The summed E-state index contributed by atoms with van der Waals surface area (Å²) >= 11 is 0. The number of aromatic amines is 1. The third-order valence-electron chi connectivity index (χ3n) is 5.19. The molecule has 1 amide bonds. The summed E-state index contributed by atoms with van der Waals surface area (Å²) < 4.78 is 13.7. The molecule has 2 aromatic heterocycles. The van der Waals surface area contributed by atoms with Gasteiger partial charge in [0.1, 0.15) is 11.5 Å². The molecular weight excluding hydrogens is 371 g/mol. The fourth-order valence-corrected chi connectivity index (χ4v) is 3.64. The number of hydrogen-bond donors (Lipinski definition) is 1. The van der Waals surface area contributed by atoms with E-state index in [1.54, 1.807) is 41.4 Å². The maximum atomic E-state index is 13.7. The van der Waals surface area contributed by atoms with Crippen molar-refractivity contribution >= 4 is 5.91 Å². The van der Waals surface area contributed by atoms with Crippen LogP contribution in [0.4, 0.5) is 4.39 Å². The summed E-state index contributed by atoms with van der Waals surface area (Å²) in [6.07, 6.45) is 3.02. The van der Waals surface area contributed by atoms with Gasteiger partial charge in [0.05, 0.1) is 5.69 Å². The number of carbonyl (C=O) groups is 1. The third kappa shape index (κ3) is 4.39. The zero-order valence-corrected chi connectivity index (χ0v) is 15.8. The predicted octanol–water partition coefficient (Wildman–Crippen LogP) is 2.92. The van der Waals surface area contributed by atoms with Crippen molar-refractivity contribution in [2.45, 2.75) is 25.2 Å². The number of rotatable bonds is 5. The second kappa shape index (κ2) is 8.34. The summed E-state index contributed by atoms with van der Waals surface area (Å²) in [5, 5.41) is 0. The van der Waals surface area contributed by atoms with Crippen molar-refractivity contribution in [1.29, 1.82) is 0 Å². The summed E-state index contributed by atoms with van der Waals surface area (Å²) in [6.45, 7) is 1.11. The predicted molar refractivity (Wildman–Crippen MR) is 107 cm³/mol. The summed E-state index contributed by atoms with van der Waals surface area (Å²) in [4.78, 5) is 38.0. The Morgan fingerprint density at radius 3 is 2.83 bits per heavy atom. The van der Waals surface area contributed by atoms with Gasteiger partial charge >= 0.3 is 0 Å². The Morgan fingerprint density at radius 2 is 2.03 bits per heavy atom. The lowest BCUT2D eigenvalue weighted by Gasteiger charge is -2.16. The van der Waals surface area contributed by atoms with Crippen LogP contribution in [0.15, 0.2) is 59.5 Å². The fraction of sp³-hybridized carbons (Fsp3) is 0.273. The number of nitrogens with zero attached hydrogens (tertiary/aromatic N) is 3. The molecule has 1 saturated heterocycles. The van der Waals surface area contributed by atoms with Gasteiger partial charge in [-0.15, -0.1) is 0 Å². The first-order valence-electron chi connectivity index (χ1n) is 9.64. The molecule has 0 spiro atoms. The average Bonchev–Trinajstić information content (AvgIpc) is 3.24. The van der Waals surface area contributed by atoms with Crippen molar-refractivity contribution in [2.75, 3.05) is 13.1 Å². The fourth-order valence-electron chi connectivity index (χ4n) is 3.64. The highest BCUT2D eigenvalue weighted by Gasteiger charge is 2.28. The lowest BCUT2D eigenvalue weighted by molar-refractivity contribution is -0.130. The quantitative estimate of drug-likeness (QED) is 0.724. The van der Waals surface area contributed by atoms with Gasteiger partial charge in [-0.1, -0.05) is 24.3 Å². The molecule has 6 nitrogen and oxygen atoms in total. The van der Waals surface area contributed by atoms with Crippen LogP contribution in [-0.2, 0) is 11.2 Å². The maximum absolute atomic E-state index is 13.7. The van der Waals surface area contributed by atoms with E-state index in [4.69, 9.17) is 0 Å². The highest BCUT2D eigenvalue weighted by Crippen LogP contribution is 2.26. The number of aryl methyl sites for hydroxylation is 1. The van der Waals surface area contributed by atoms with Gasteiger partial charge < -0.3 is 9.88 Å². The Kier molecular flexibility index (Phi) is 5.46. The monoisotopic (exact) mass is 392 g/mol. The van der Waals surface area contributed by atoms with E-state index < -0.39 is 0 Å². The molecule has 1 fully saturated rings. The molecule has 0 unspecified atom stereocenters. The summed E-state index contributed by atoms with van der Waals surface area (Å²) in [5.74, 6) is 0.134. The highest BCUT2D eigenvalue weighted by atomic mass is 19.1. The first kappa shape index (κ1) is 19.0. The van der Waals surface area contributed by atoms with Crippen LogP contribution in [0.5, 0.6) is 0 Å². The minimum atomic E-state index is -0.283. The van der Waals surface area contributed by atoms with E-state index in [2.05, 4.69) is 15.0 Å². The molecule has 29 heavy (non-hydrogen) atoms. The molecule has 1 aromatic carbocycles. The molecule has 1 N–H and O–H groups in total. The van der Waals surface area contributed by atoms with Gasteiger partial charge in [0.15, 0.2) is 5.82 Å². The van der Waals surface area contributed by atoms with Crippen molar-refractivity contribution < 1.29 is 9.18 Å². The third-order valence-corrected chi connectivity index (χ3v) is 5.19. The zero-order chi connectivity index (χ0) is 20.2. The van der Waals surface area contributed by atoms with Gasteiger partial charge in [0.25, 0.3) is 5.56 Å². The van der Waals surface area contributed by atoms with Crippen LogP contribution >= 0.6 is 0 Å². The molecular formula is C22H21FN4O2. The number of nitrogens with one attached hydrogen (secondary N) is 1. The van der Waals surface area contributed by atoms with Crippen LogP contribution in [0, 0.1) is 5.82 Å². The number of amides is 1. The Bertz CT molecular complexity index is 1070. The SMILES string of the molecule is O=C(CCc1ccccc1F)N1CC[C@@H](c2cc(=O)[nH]c(-c3ccccn3)n2)C1. The number of hydrogen-bond acceptors (Lipinski definition) is 4. The Hall–Kier alpha value is -3.35. The van der Waals surface area contributed by atoms with E-state index in [0.29, 0.717) is 42.3 Å². The average molecular weight is 392 g/mol. The molecule has 1 atom stereocenters. The van der Waals surface area contributed by atoms with E-state index in [1.807, 2.05) is 6.07 Å². The molecule has 1 aliphatic rings. The largest absolute Gasteiger partial charge is 0.342 e. The van der Waals surface area contributed by atoms with Gasteiger partial charge in [0, 0.05) is 37.7 Å². The number of halogens is 1. The minimum Gasteiger partial charge on any atom is -0.342 e. The number of H-pyrrole nitrogens is 1. The van der Waals surface area contributed by atoms with Gasteiger partial charge in [-0.2, -0.15) is 0 Å². The molecule has 148 valence electrons. The van der Waals surface area contributed by atoms with Crippen LogP contribution in [-0.4, -0.2) is 38.8 Å². The van der Waals surface area contributed by atoms with Crippen molar-refractivity contribution in [3.05, 3.63) is 82.2 Å². The topological polar surface area (TPSA) is 79.0 Å². The van der Waals surface area contributed by atoms with Gasteiger partial charge in [-0.3, -0.25) is 14.6 Å². The number of benzene rings is 1. The summed E-state index contributed by atoms with van der Waals surface area (Å²) in [5.41, 5.74) is 1.58. The van der Waals surface area contributed by atoms with E-state index in [9.17, 15) is 14.0 Å². The minimum absolute atomic E-state index is 0.00262. The van der Waals surface area contributed by atoms with Crippen molar-refractivity contribution in [2.24, 2.45) is 0 Å². The molecule has 4 rings (SSSR count). The van der Waals surface area contributed by atoms with Crippen LogP contribution in [0.25, 0.3) is 11.5 Å². The number of carbonyl (C=O) groups excluding carboxylic acids is 1. The first-order chi connectivity index (χ1) is 14.1. The summed E-state index contributed by atoms with van der Waals surface area (Å²) in [6, 6.07) is 13.4. The Morgan fingerprint density at radius 1 is 1.21 bits per heavy atom. The Balaban J connectivity index is 1.43. The van der Waals surface area contributed by atoms with Crippen LogP contribution < -0.4 is 5.56 Å².